The van der Waals surface area contributed by atoms with Gasteiger partial charge in [-0.1, -0.05) is 0 Å². The van der Waals surface area contributed by atoms with Gasteiger partial charge in [0.05, 0.1) is 24.2 Å². The molecule has 2 N–H and O–H groups in total. The first-order chi connectivity index (χ1) is 9.02. The fourth-order valence-electron chi connectivity index (χ4n) is 1.52. The second kappa shape index (κ2) is 7.82. The van der Waals surface area contributed by atoms with Crippen LogP contribution in [-0.2, 0) is 11.3 Å². The van der Waals surface area contributed by atoms with Crippen molar-refractivity contribution in [2.45, 2.75) is 32.5 Å². The van der Waals surface area contributed by atoms with Gasteiger partial charge in [0.2, 0.25) is 0 Å². The van der Waals surface area contributed by atoms with Crippen molar-refractivity contribution in [3.63, 3.8) is 0 Å². The zero-order valence-corrected chi connectivity index (χ0v) is 11.2. The summed E-state index contributed by atoms with van der Waals surface area (Å²) in [6.45, 7) is 5.71. The van der Waals surface area contributed by atoms with E-state index >= 15 is 0 Å². The fourth-order valence-corrected chi connectivity index (χ4v) is 1.52. The van der Waals surface area contributed by atoms with Crippen molar-refractivity contribution >= 4 is 5.69 Å². The van der Waals surface area contributed by atoms with Crippen LogP contribution in [0.15, 0.2) is 12.4 Å². The minimum Gasteiger partial charge on any atom is -0.390 e. The summed E-state index contributed by atoms with van der Waals surface area (Å²) in [6, 6.07) is 0.140. The first-order valence-electron chi connectivity index (χ1n) is 6.19. The number of ether oxygens (including phenoxy) is 1. The van der Waals surface area contributed by atoms with Gasteiger partial charge in [-0.05, 0) is 13.8 Å². The van der Waals surface area contributed by atoms with Crippen LogP contribution in [0, 0.1) is 10.1 Å². The van der Waals surface area contributed by atoms with Gasteiger partial charge in [0.15, 0.2) is 0 Å². The number of nitrogens with one attached hydrogen (secondary N) is 1. The maximum absolute atomic E-state index is 10.5. The molecule has 0 aliphatic carbocycles. The average Bonchev–Trinajstić information content (AvgIpc) is 2.82. The van der Waals surface area contributed by atoms with Gasteiger partial charge in [-0.25, -0.2) is 0 Å². The highest BCUT2D eigenvalue weighted by molar-refractivity contribution is 5.20. The van der Waals surface area contributed by atoms with E-state index < -0.39 is 11.0 Å². The van der Waals surface area contributed by atoms with Crippen molar-refractivity contribution in [1.82, 2.24) is 15.1 Å². The lowest BCUT2D eigenvalue weighted by molar-refractivity contribution is -0.385. The van der Waals surface area contributed by atoms with Crippen LogP contribution in [-0.4, -0.2) is 51.7 Å². The number of aliphatic hydroxyl groups is 1. The zero-order valence-electron chi connectivity index (χ0n) is 11.2. The quantitative estimate of drug-likeness (QED) is 0.490. The van der Waals surface area contributed by atoms with Gasteiger partial charge >= 0.3 is 5.69 Å². The Balaban J connectivity index is 2.30. The summed E-state index contributed by atoms with van der Waals surface area (Å²) >= 11 is 0. The lowest BCUT2D eigenvalue weighted by Crippen LogP contribution is -2.38. The third-order valence-electron chi connectivity index (χ3n) is 2.50. The molecule has 19 heavy (non-hydrogen) atoms. The maximum atomic E-state index is 10.5. The Morgan fingerprint density at radius 3 is 3.00 bits per heavy atom. The van der Waals surface area contributed by atoms with Gasteiger partial charge in [-0.2, -0.15) is 5.10 Å². The van der Waals surface area contributed by atoms with Gasteiger partial charge in [0.25, 0.3) is 0 Å². The van der Waals surface area contributed by atoms with Crippen molar-refractivity contribution < 1.29 is 14.8 Å². The van der Waals surface area contributed by atoms with Crippen LogP contribution < -0.4 is 5.32 Å². The van der Waals surface area contributed by atoms with Crippen molar-refractivity contribution in [2.75, 3.05) is 19.8 Å². The molecule has 108 valence electrons. The Hall–Kier alpha value is -1.51. The fraction of sp³-hybridized carbons (Fsp3) is 0.727. The Labute approximate surface area is 111 Å². The maximum Gasteiger partial charge on any atom is 0.306 e. The van der Waals surface area contributed by atoms with Crippen molar-refractivity contribution in [3.05, 3.63) is 22.5 Å². The minimum absolute atomic E-state index is 0.0788. The Kier molecular flexibility index (Phi) is 6.40. The van der Waals surface area contributed by atoms with Gasteiger partial charge < -0.3 is 15.2 Å². The Bertz CT molecular complexity index is 396. The Morgan fingerprint density at radius 1 is 1.68 bits per heavy atom. The lowest BCUT2D eigenvalue weighted by Gasteiger charge is -2.16. The molecule has 0 saturated carbocycles. The molecule has 1 aromatic heterocycles. The highest BCUT2D eigenvalue weighted by Gasteiger charge is 2.12. The van der Waals surface area contributed by atoms with Crippen molar-refractivity contribution in [3.8, 4) is 0 Å². The topological polar surface area (TPSA) is 102 Å². The summed E-state index contributed by atoms with van der Waals surface area (Å²) in [7, 11) is 0. The zero-order chi connectivity index (χ0) is 14.3. The molecule has 0 aliphatic rings. The highest BCUT2D eigenvalue weighted by Crippen LogP contribution is 2.07. The molecular formula is C11H20N4O4. The summed E-state index contributed by atoms with van der Waals surface area (Å²) in [5.41, 5.74) is -0.0788. The molecule has 8 heteroatoms. The molecular weight excluding hydrogens is 252 g/mol. The van der Waals surface area contributed by atoms with E-state index in [1.165, 1.54) is 10.9 Å². The van der Waals surface area contributed by atoms with E-state index in [0.29, 0.717) is 19.8 Å². The third-order valence-corrected chi connectivity index (χ3v) is 2.50. The van der Waals surface area contributed by atoms with Crippen LogP contribution in [0.25, 0.3) is 0 Å². The molecule has 0 saturated heterocycles. The van der Waals surface area contributed by atoms with Gasteiger partial charge in [0, 0.05) is 19.2 Å². The molecule has 1 aromatic rings. The normalized spacial score (nSPS) is 14.3. The molecule has 0 aliphatic heterocycles. The molecule has 0 spiro atoms. The molecule has 0 fully saturated rings. The van der Waals surface area contributed by atoms with E-state index in [2.05, 4.69) is 10.4 Å². The average molecular weight is 272 g/mol. The molecule has 0 bridgehead atoms. The highest BCUT2D eigenvalue weighted by atomic mass is 16.6. The summed E-state index contributed by atoms with van der Waals surface area (Å²) in [5.74, 6) is 0. The largest absolute Gasteiger partial charge is 0.390 e. The molecule has 2 atom stereocenters. The SMILES string of the molecule is CCOCC(C)NCC(O)Cn1cc([N+](=O)[O-])cn1. The first kappa shape index (κ1) is 15.5. The molecule has 0 amide bonds. The van der Waals surface area contributed by atoms with E-state index in [4.69, 9.17) is 4.74 Å². The summed E-state index contributed by atoms with van der Waals surface area (Å²) in [5, 5.41) is 27.2. The Morgan fingerprint density at radius 2 is 2.42 bits per heavy atom. The standard InChI is InChI=1S/C11H20N4O4/c1-3-19-8-9(2)12-5-11(16)7-14-6-10(4-13-14)15(17)18/h4,6,9,11-12,16H,3,5,7-8H2,1-2H3. The molecule has 1 rings (SSSR count). The summed E-state index contributed by atoms with van der Waals surface area (Å²) in [6.07, 6.45) is 1.80. The second-order valence-corrected chi connectivity index (χ2v) is 4.30. The summed E-state index contributed by atoms with van der Waals surface area (Å²) < 4.78 is 6.60. The van der Waals surface area contributed by atoms with Crippen LogP contribution in [0.5, 0.6) is 0 Å². The number of rotatable bonds is 9. The molecule has 0 aromatic carbocycles. The van der Waals surface area contributed by atoms with E-state index in [1.807, 2.05) is 13.8 Å². The number of nitrogens with zero attached hydrogens (tertiary/aromatic N) is 3. The van der Waals surface area contributed by atoms with Crippen LogP contribution >= 0.6 is 0 Å². The second-order valence-electron chi connectivity index (χ2n) is 4.30. The number of aromatic nitrogens is 2. The lowest BCUT2D eigenvalue weighted by atomic mass is 10.3. The van der Waals surface area contributed by atoms with Crippen LogP contribution in [0.1, 0.15) is 13.8 Å². The van der Waals surface area contributed by atoms with Gasteiger partial charge in [0.1, 0.15) is 12.4 Å². The third kappa shape index (κ3) is 5.77. The number of hydrogen-bond donors (Lipinski definition) is 2. The monoisotopic (exact) mass is 272 g/mol. The van der Waals surface area contributed by atoms with Crippen LogP contribution in [0.2, 0.25) is 0 Å². The number of aliphatic hydroxyl groups excluding tert-OH is 1. The van der Waals surface area contributed by atoms with E-state index in [9.17, 15) is 15.2 Å². The van der Waals surface area contributed by atoms with E-state index in [1.54, 1.807) is 0 Å². The van der Waals surface area contributed by atoms with E-state index in [-0.39, 0.29) is 18.3 Å². The first-order valence-corrected chi connectivity index (χ1v) is 6.19. The minimum atomic E-state index is -0.663. The van der Waals surface area contributed by atoms with Crippen LogP contribution in [0.4, 0.5) is 5.69 Å². The van der Waals surface area contributed by atoms with E-state index in [0.717, 1.165) is 6.20 Å². The van der Waals surface area contributed by atoms with Gasteiger partial charge in [-0.15, -0.1) is 0 Å². The predicted molar refractivity (Wildman–Crippen MR) is 68.8 cm³/mol. The van der Waals surface area contributed by atoms with Crippen molar-refractivity contribution in [1.29, 1.82) is 0 Å². The molecule has 1 heterocycles. The van der Waals surface area contributed by atoms with Crippen molar-refractivity contribution in [2.24, 2.45) is 0 Å². The molecule has 0 radical (unpaired) electrons. The van der Waals surface area contributed by atoms with Crippen LogP contribution in [0.3, 0.4) is 0 Å². The number of nitro groups is 1. The predicted octanol–water partition coefficient (Wildman–Crippen LogP) is 0.167. The summed E-state index contributed by atoms with van der Waals surface area (Å²) in [4.78, 5) is 9.96. The molecule has 2 unspecified atom stereocenters. The van der Waals surface area contributed by atoms with Gasteiger partial charge in [-0.3, -0.25) is 14.8 Å². The number of hydrogen-bond acceptors (Lipinski definition) is 6. The molecule has 8 nitrogen and oxygen atoms in total. The smallest absolute Gasteiger partial charge is 0.306 e.